The molecule has 5 nitrogen and oxygen atoms in total. The van der Waals surface area contributed by atoms with Crippen molar-refractivity contribution in [2.24, 2.45) is 0 Å². The molecule has 1 heterocycles. The molecular formula is C14H17ClN4O. The Morgan fingerprint density at radius 1 is 1.65 bits per heavy atom. The van der Waals surface area contributed by atoms with Crippen LogP contribution in [-0.4, -0.2) is 38.1 Å². The van der Waals surface area contributed by atoms with E-state index in [0.717, 1.165) is 12.2 Å². The van der Waals surface area contributed by atoms with Gasteiger partial charge in [0.1, 0.15) is 6.04 Å². The van der Waals surface area contributed by atoms with Gasteiger partial charge in [-0.25, -0.2) is 0 Å². The molecule has 0 bridgehead atoms. The van der Waals surface area contributed by atoms with Gasteiger partial charge in [0.15, 0.2) is 0 Å². The van der Waals surface area contributed by atoms with Gasteiger partial charge in [-0.15, -0.1) is 0 Å². The highest BCUT2D eigenvalue weighted by Crippen LogP contribution is 2.28. The van der Waals surface area contributed by atoms with Crippen molar-refractivity contribution in [1.29, 1.82) is 5.26 Å². The lowest BCUT2D eigenvalue weighted by molar-refractivity contribution is -0.122. The van der Waals surface area contributed by atoms with Crippen LogP contribution in [0.1, 0.15) is 12.5 Å². The van der Waals surface area contributed by atoms with Crippen molar-refractivity contribution in [1.82, 2.24) is 10.6 Å². The maximum absolute atomic E-state index is 12.1. The Morgan fingerprint density at radius 3 is 3.10 bits per heavy atom. The molecule has 1 aliphatic rings. The van der Waals surface area contributed by atoms with E-state index >= 15 is 0 Å². The van der Waals surface area contributed by atoms with Crippen molar-refractivity contribution in [3.63, 3.8) is 0 Å². The molecule has 0 saturated carbocycles. The Balaban J connectivity index is 2.28. The summed E-state index contributed by atoms with van der Waals surface area (Å²) in [6, 6.07) is 6.93. The largest absolute Gasteiger partial charge is 0.356 e. The van der Waals surface area contributed by atoms with E-state index in [2.05, 4.69) is 16.7 Å². The third-order valence-electron chi connectivity index (χ3n) is 3.28. The summed E-state index contributed by atoms with van der Waals surface area (Å²) in [7, 11) is 0. The van der Waals surface area contributed by atoms with Crippen LogP contribution >= 0.6 is 11.6 Å². The van der Waals surface area contributed by atoms with Gasteiger partial charge >= 0.3 is 0 Å². The van der Waals surface area contributed by atoms with Gasteiger partial charge in [0.25, 0.3) is 0 Å². The number of rotatable bonds is 3. The standard InChI is InChI=1S/C14H17ClN4O/c1-2-18-14(20)13-9-17-5-6-19(13)12-4-3-10(8-16)7-11(12)15/h3-4,7,13,17H,2,5-6,9H2,1H3,(H,18,20). The molecule has 2 rings (SSSR count). The van der Waals surface area contributed by atoms with Gasteiger partial charge in [0.2, 0.25) is 5.91 Å². The molecule has 1 aliphatic heterocycles. The molecule has 1 fully saturated rings. The molecule has 106 valence electrons. The van der Waals surface area contributed by atoms with Crippen LogP contribution in [-0.2, 0) is 4.79 Å². The van der Waals surface area contributed by atoms with E-state index in [4.69, 9.17) is 16.9 Å². The molecule has 0 radical (unpaired) electrons. The third-order valence-corrected chi connectivity index (χ3v) is 3.59. The molecule has 1 aromatic rings. The van der Waals surface area contributed by atoms with Gasteiger partial charge in [0, 0.05) is 26.2 Å². The lowest BCUT2D eigenvalue weighted by Gasteiger charge is -2.37. The predicted molar refractivity (Wildman–Crippen MR) is 78.9 cm³/mol. The molecule has 1 saturated heterocycles. The predicted octanol–water partition coefficient (Wildman–Crippen LogP) is 1.13. The van der Waals surface area contributed by atoms with Crippen molar-refractivity contribution < 1.29 is 4.79 Å². The van der Waals surface area contributed by atoms with E-state index in [9.17, 15) is 4.79 Å². The minimum absolute atomic E-state index is 0.0138. The van der Waals surface area contributed by atoms with Gasteiger partial charge in [-0.3, -0.25) is 4.79 Å². The number of nitrogens with zero attached hydrogens (tertiary/aromatic N) is 2. The summed E-state index contributed by atoms with van der Waals surface area (Å²) in [5.74, 6) is -0.0138. The Kier molecular flexibility index (Phi) is 4.83. The first-order valence-corrected chi connectivity index (χ1v) is 7.00. The van der Waals surface area contributed by atoms with Crippen LogP contribution in [0.5, 0.6) is 0 Å². The van der Waals surface area contributed by atoms with Crippen molar-refractivity contribution in [3.8, 4) is 6.07 Å². The number of amides is 1. The molecule has 20 heavy (non-hydrogen) atoms. The van der Waals surface area contributed by atoms with Crippen LogP contribution in [0.3, 0.4) is 0 Å². The number of halogens is 1. The number of carbonyl (C=O) groups excluding carboxylic acids is 1. The summed E-state index contributed by atoms with van der Waals surface area (Å²) in [6.07, 6.45) is 0. The fraction of sp³-hybridized carbons (Fsp3) is 0.429. The molecule has 0 spiro atoms. The van der Waals surface area contributed by atoms with Gasteiger partial charge in [-0.05, 0) is 25.1 Å². The van der Waals surface area contributed by atoms with Gasteiger partial charge in [-0.1, -0.05) is 11.6 Å². The molecule has 0 aliphatic carbocycles. The first kappa shape index (κ1) is 14.6. The molecule has 1 aromatic carbocycles. The van der Waals surface area contributed by atoms with E-state index < -0.39 is 0 Å². The van der Waals surface area contributed by atoms with Crippen LogP contribution in [0, 0.1) is 11.3 Å². The number of nitriles is 1. The van der Waals surface area contributed by atoms with E-state index in [0.29, 0.717) is 30.2 Å². The van der Waals surface area contributed by atoms with Crippen LogP contribution in [0.15, 0.2) is 18.2 Å². The van der Waals surface area contributed by atoms with E-state index in [1.807, 2.05) is 11.8 Å². The molecule has 1 unspecified atom stereocenters. The topological polar surface area (TPSA) is 68.2 Å². The minimum Gasteiger partial charge on any atom is -0.356 e. The first-order chi connectivity index (χ1) is 9.67. The Hall–Kier alpha value is -1.77. The summed E-state index contributed by atoms with van der Waals surface area (Å²) in [5.41, 5.74) is 1.31. The van der Waals surface area contributed by atoms with Gasteiger partial charge < -0.3 is 15.5 Å². The van der Waals surface area contributed by atoms with Crippen molar-refractivity contribution in [3.05, 3.63) is 28.8 Å². The maximum Gasteiger partial charge on any atom is 0.244 e. The summed E-state index contributed by atoms with van der Waals surface area (Å²) < 4.78 is 0. The summed E-state index contributed by atoms with van der Waals surface area (Å²) in [4.78, 5) is 14.1. The molecule has 0 aromatic heterocycles. The van der Waals surface area contributed by atoms with Crippen LogP contribution in [0.2, 0.25) is 5.02 Å². The van der Waals surface area contributed by atoms with Crippen LogP contribution in [0.25, 0.3) is 0 Å². The van der Waals surface area contributed by atoms with Crippen molar-refractivity contribution >= 4 is 23.2 Å². The van der Waals surface area contributed by atoms with Crippen LogP contribution in [0.4, 0.5) is 5.69 Å². The zero-order valence-electron chi connectivity index (χ0n) is 11.3. The SMILES string of the molecule is CCNC(=O)C1CNCCN1c1ccc(C#N)cc1Cl. The third kappa shape index (κ3) is 3.03. The smallest absolute Gasteiger partial charge is 0.244 e. The van der Waals surface area contributed by atoms with Crippen molar-refractivity contribution in [2.75, 3.05) is 31.1 Å². The summed E-state index contributed by atoms with van der Waals surface area (Å²) >= 11 is 6.24. The number of benzene rings is 1. The fourth-order valence-electron chi connectivity index (χ4n) is 2.33. The number of hydrogen-bond acceptors (Lipinski definition) is 4. The Bertz CT molecular complexity index is 540. The highest BCUT2D eigenvalue weighted by molar-refractivity contribution is 6.33. The number of likely N-dealkylation sites (N-methyl/N-ethyl adjacent to an activating group) is 1. The molecule has 6 heteroatoms. The summed E-state index contributed by atoms with van der Waals surface area (Å²) in [6.45, 7) is 4.58. The number of nitrogens with one attached hydrogen (secondary N) is 2. The molecule has 2 N–H and O–H groups in total. The first-order valence-electron chi connectivity index (χ1n) is 6.62. The van der Waals surface area contributed by atoms with E-state index in [1.54, 1.807) is 18.2 Å². The van der Waals surface area contributed by atoms with Crippen molar-refractivity contribution in [2.45, 2.75) is 13.0 Å². The van der Waals surface area contributed by atoms with Crippen LogP contribution < -0.4 is 15.5 Å². The van der Waals surface area contributed by atoms with Gasteiger partial charge in [-0.2, -0.15) is 5.26 Å². The quantitative estimate of drug-likeness (QED) is 0.876. The average Bonchev–Trinajstić information content (AvgIpc) is 2.47. The minimum atomic E-state index is -0.283. The molecular weight excluding hydrogens is 276 g/mol. The second-order valence-electron chi connectivity index (χ2n) is 4.59. The van der Waals surface area contributed by atoms with E-state index in [1.165, 1.54) is 0 Å². The average molecular weight is 293 g/mol. The second-order valence-corrected chi connectivity index (χ2v) is 4.99. The number of anilines is 1. The monoisotopic (exact) mass is 292 g/mol. The molecule has 1 atom stereocenters. The zero-order valence-corrected chi connectivity index (χ0v) is 12.1. The lowest BCUT2D eigenvalue weighted by Crippen LogP contribution is -2.58. The fourth-order valence-corrected chi connectivity index (χ4v) is 2.62. The summed E-state index contributed by atoms with van der Waals surface area (Å²) in [5, 5.41) is 15.4. The lowest BCUT2D eigenvalue weighted by atomic mass is 10.1. The Morgan fingerprint density at radius 2 is 2.45 bits per heavy atom. The highest BCUT2D eigenvalue weighted by atomic mass is 35.5. The Labute approximate surface area is 123 Å². The maximum atomic E-state index is 12.1. The number of carbonyl (C=O) groups is 1. The number of piperazine rings is 1. The van der Waals surface area contributed by atoms with E-state index in [-0.39, 0.29) is 11.9 Å². The number of hydrogen-bond donors (Lipinski definition) is 2. The van der Waals surface area contributed by atoms with Gasteiger partial charge in [0.05, 0.1) is 22.3 Å². The normalized spacial score (nSPS) is 18.4. The molecule has 1 amide bonds. The zero-order chi connectivity index (χ0) is 14.5. The highest BCUT2D eigenvalue weighted by Gasteiger charge is 2.29. The second kappa shape index (κ2) is 6.60.